The van der Waals surface area contributed by atoms with Gasteiger partial charge in [0.15, 0.2) is 5.96 Å². The van der Waals surface area contributed by atoms with Crippen molar-refractivity contribution in [2.75, 3.05) is 19.8 Å². The number of hydrogen-bond donors (Lipinski definition) is 1. The zero-order chi connectivity index (χ0) is 10.2. The number of halogens is 1. The summed E-state index contributed by atoms with van der Waals surface area (Å²) in [5.74, 6) is 0.729. The molecule has 0 aromatic carbocycles. The first-order valence-electron chi connectivity index (χ1n) is 5.25. The Morgan fingerprint density at radius 3 is 2.53 bits per heavy atom. The Balaban J connectivity index is 0.00000112. The molecule has 0 aromatic heterocycles. The van der Waals surface area contributed by atoms with Crippen molar-refractivity contribution >= 4 is 41.7 Å². The molecule has 0 spiro atoms. The number of rotatable bonds is 4. The monoisotopic (exact) mass is 341 g/mol. The van der Waals surface area contributed by atoms with E-state index in [2.05, 4.69) is 23.2 Å². The van der Waals surface area contributed by atoms with Gasteiger partial charge in [-0.25, -0.2) is 0 Å². The summed E-state index contributed by atoms with van der Waals surface area (Å²) in [6.07, 6.45) is 7.33. The van der Waals surface area contributed by atoms with Crippen LogP contribution in [0.15, 0.2) is 4.99 Å². The second-order valence-corrected chi connectivity index (χ2v) is 5.68. The highest BCUT2D eigenvalue weighted by molar-refractivity contribution is 14.0. The van der Waals surface area contributed by atoms with Crippen LogP contribution in [0.25, 0.3) is 0 Å². The summed E-state index contributed by atoms with van der Waals surface area (Å²) in [4.78, 5) is 6.61. The van der Waals surface area contributed by atoms with Crippen LogP contribution in [0.1, 0.15) is 25.7 Å². The molecule has 2 saturated carbocycles. The third-order valence-corrected chi connectivity index (χ3v) is 4.63. The summed E-state index contributed by atoms with van der Waals surface area (Å²) in [6.45, 7) is 0.900. The molecule has 3 nitrogen and oxygen atoms in total. The molecule has 2 rings (SSSR count). The van der Waals surface area contributed by atoms with Gasteiger partial charge in [-0.1, -0.05) is 0 Å². The number of guanidine groups is 1. The van der Waals surface area contributed by atoms with Crippen molar-refractivity contribution in [1.82, 2.24) is 4.90 Å². The lowest BCUT2D eigenvalue weighted by Gasteiger charge is -2.18. The molecule has 0 saturated heterocycles. The first-order valence-corrected chi connectivity index (χ1v) is 6.47. The quantitative estimate of drug-likeness (QED) is 0.483. The molecule has 0 radical (unpaired) electrons. The van der Waals surface area contributed by atoms with E-state index in [9.17, 15) is 0 Å². The van der Waals surface area contributed by atoms with Crippen molar-refractivity contribution < 1.29 is 0 Å². The zero-order valence-corrected chi connectivity index (χ0v) is 12.5. The first-order chi connectivity index (χ1) is 6.67. The molecule has 2 N–H and O–H groups in total. The normalized spacial score (nSPS) is 23.2. The third kappa shape index (κ3) is 3.41. The molecule has 0 aliphatic heterocycles. The molecule has 0 aromatic rings. The molecule has 2 aliphatic rings. The summed E-state index contributed by atoms with van der Waals surface area (Å²) in [5.41, 5.74) is 5.91. The Kier molecular flexibility index (Phi) is 4.58. The minimum absolute atomic E-state index is 0. The van der Waals surface area contributed by atoms with Gasteiger partial charge >= 0.3 is 0 Å². The highest BCUT2D eigenvalue weighted by Gasteiger charge is 2.41. The van der Waals surface area contributed by atoms with Crippen LogP contribution in [-0.2, 0) is 0 Å². The molecular formula is C10H20IN3S. The first kappa shape index (κ1) is 13.4. The maximum absolute atomic E-state index is 5.91. The van der Waals surface area contributed by atoms with E-state index in [-0.39, 0.29) is 24.0 Å². The average Bonchev–Trinajstić information content (AvgIpc) is 3.04. The fourth-order valence-corrected chi connectivity index (χ4v) is 2.26. The van der Waals surface area contributed by atoms with Crippen LogP contribution in [0.2, 0.25) is 0 Å². The van der Waals surface area contributed by atoms with Crippen molar-refractivity contribution in [2.24, 2.45) is 10.7 Å². The topological polar surface area (TPSA) is 41.6 Å². The van der Waals surface area contributed by atoms with Gasteiger partial charge in [0.25, 0.3) is 0 Å². The summed E-state index contributed by atoms with van der Waals surface area (Å²) in [7, 11) is 2.05. The molecule has 0 heterocycles. The van der Waals surface area contributed by atoms with E-state index in [1.54, 1.807) is 0 Å². The minimum atomic E-state index is 0. The molecule has 88 valence electrons. The number of nitrogens with two attached hydrogens (primary N) is 1. The molecule has 5 heteroatoms. The van der Waals surface area contributed by atoms with Gasteiger partial charge in [0.2, 0.25) is 0 Å². The van der Waals surface area contributed by atoms with Crippen LogP contribution in [0, 0.1) is 0 Å². The zero-order valence-electron chi connectivity index (χ0n) is 9.40. The second kappa shape index (κ2) is 5.12. The summed E-state index contributed by atoms with van der Waals surface area (Å²) >= 11 is 1.93. The van der Waals surface area contributed by atoms with Gasteiger partial charge in [0, 0.05) is 17.8 Å². The van der Waals surface area contributed by atoms with Gasteiger partial charge in [-0.2, -0.15) is 11.8 Å². The van der Waals surface area contributed by atoms with Crippen LogP contribution in [0.4, 0.5) is 0 Å². The Bertz CT molecular complexity index is 249. The largest absolute Gasteiger partial charge is 0.370 e. The van der Waals surface area contributed by atoms with E-state index >= 15 is 0 Å². The third-order valence-electron chi connectivity index (χ3n) is 3.23. The van der Waals surface area contributed by atoms with Crippen molar-refractivity contribution in [2.45, 2.75) is 36.5 Å². The molecule has 0 bridgehead atoms. The molecule has 0 atom stereocenters. The van der Waals surface area contributed by atoms with Crippen LogP contribution < -0.4 is 5.73 Å². The molecule has 0 amide bonds. The van der Waals surface area contributed by atoms with Crippen molar-refractivity contribution in [3.8, 4) is 0 Å². The number of hydrogen-bond acceptors (Lipinski definition) is 2. The molecule has 2 fully saturated rings. The smallest absolute Gasteiger partial charge is 0.191 e. The van der Waals surface area contributed by atoms with E-state index in [0.717, 1.165) is 12.5 Å². The standard InChI is InChI=1S/C10H19N3S.HI/c1-13(8-3-4-8)9(11)12-7-10(14-2)5-6-10;/h8H,3-7H2,1-2H3,(H2,11,12);1H. The van der Waals surface area contributed by atoms with E-state index in [1.807, 2.05) is 11.8 Å². The average molecular weight is 341 g/mol. The van der Waals surface area contributed by atoms with Gasteiger partial charge in [0.1, 0.15) is 0 Å². The van der Waals surface area contributed by atoms with Crippen LogP contribution in [-0.4, -0.2) is 41.5 Å². The number of thioether (sulfide) groups is 1. The van der Waals surface area contributed by atoms with Crippen molar-refractivity contribution in [3.05, 3.63) is 0 Å². The van der Waals surface area contributed by atoms with E-state index in [1.165, 1.54) is 25.7 Å². The highest BCUT2D eigenvalue weighted by atomic mass is 127. The molecular weight excluding hydrogens is 321 g/mol. The van der Waals surface area contributed by atoms with Crippen molar-refractivity contribution in [1.29, 1.82) is 0 Å². The Hall–Kier alpha value is 0.350. The Labute approximate surface area is 113 Å². The molecule has 2 aliphatic carbocycles. The fraction of sp³-hybridized carbons (Fsp3) is 0.900. The Morgan fingerprint density at radius 1 is 1.53 bits per heavy atom. The van der Waals surface area contributed by atoms with Crippen molar-refractivity contribution in [3.63, 3.8) is 0 Å². The van der Waals surface area contributed by atoms with E-state index in [4.69, 9.17) is 5.73 Å². The van der Waals surface area contributed by atoms with Gasteiger partial charge in [-0.3, -0.25) is 4.99 Å². The number of nitrogens with zero attached hydrogens (tertiary/aromatic N) is 2. The Morgan fingerprint density at radius 2 is 2.13 bits per heavy atom. The SMILES string of the molecule is CSC1(CN=C(N)N(C)C2CC2)CC1.I. The lowest BCUT2D eigenvalue weighted by atomic mass is 10.4. The summed E-state index contributed by atoms with van der Waals surface area (Å²) in [6, 6.07) is 0.670. The van der Waals surface area contributed by atoms with Crippen LogP contribution in [0.3, 0.4) is 0 Å². The predicted molar refractivity (Wildman–Crippen MR) is 78.2 cm³/mol. The fourth-order valence-electron chi connectivity index (χ4n) is 1.55. The lowest BCUT2D eigenvalue weighted by Crippen LogP contribution is -2.36. The predicted octanol–water partition coefficient (Wildman–Crippen LogP) is 1.91. The maximum atomic E-state index is 5.91. The van der Waals surface area contributed by atoms with Gasteiger partial charge < -0.3 is 10.6 Å². The minimum Gasteiger partial charge on any atom is -0.370 e. The molecule has 15 heavy (non-hydrogen) atoms. The maximum Gasteiger partial charge on any atom is 0.191 e. The van der Waals surface area contributed by atoms with Gasteiger partial charge in [0.05, 0.1) is 6.54 Å². The number of aliphatic imine (C=N–C) groups is 1. The van der Waals surface area contributed by atoms with E-state index in [0.29, 0.717) is 10.8 Å². The lowest BCUT2D eigenvalue weighted by molar-refractivity contribution is 0.487. The summed E-state index contributed by atoms with van der Waals surface area (Å²) < 4.78 is 0.439. The van der Waals surface area contributed by atoms with Gasteiger partial charge in [-0.05, 0) is 31.9 Å². The van der Waals surface area contributed by atoms with Crippen LogP contribution in [0.5, 0.6) is 0 Å². The summed E-state index contributed by atoms with van der Waals surface area (Å²) in [5, 5.41) is 0. The van der Waals surface area contributed by atoms with Gasteiger partial charge in [-0.15, -0.1) is 24.0 Å². The molecule has 0 unspecified atom stereocenters. The van der Waals surface area contributed by atoms with Crippen LogP contribution >= 0.6 is 35.7 Å². The van der Waals surface area contributed by atoms with E-state index < -0.39 is 0 Å². The highest BCUT2D eigenvalue weighted by Crippen LogP contribution is 2.47. The second-order valence-electron chi connectivity index (χ2n) is 4.40.